The van der Waals surface area contributed by atoms with Gasteiger partial charge in [-0.2, -0.15) is 0 Å². The number of methoxy groups -OCH3 is 1. The number of anilines is 1. The second kappa shape index (κ2) is 12.7. The summed E-state index contributed by atoms with van der Waals surface area (Å²) >= 11 is 11.5. The number of thiocarbonyl (C=S) groups is 1. The van der Waals surface area contributed by atoms with Crippen molar-refractivity contribution < 1.29 is 23.8 Å². The van der Waals surface area contributed by atoms with Crippen LogP contribution in [0.1, 0.15) is 16.7 Å². The SMILES string of the molecule is COc1cc(COc2ccc(Cl)cc2/C=C2/C(=O)NC(=S)N(c3ccccc3)C2=O)ccc1OCc1ccccc1. The van der Waals surface area contributed by atoms with Crippen LogP contribution in [-0.2, 0) is 22.8 Å². The van der Waals surface area contributed by atoms with Crippen LogP contribution in [-0.4, -0.2) is 24.0 Å². The minimum atomic E-state index is -0.603. The number of halogens is 1. The molecule has 7 nitrogen and oxygen atoms in total. The molecule has 1 N–H and O–H groups in total. The summed E-state index contributed by atoms with van der Waals surface area (Å²) in [6.07, 6.45) is 1.46. The summed E-state index contributed by atoms with van der Waals surface area (Å²) < 4.78 is 17.6. The average Bonchev–Trinajstić information content (AvgIpc) is 2.99. The van der Waals surface area contributed by atoms with E-state index in [1.807, 2.05) is 54.6 Å². The van der Waals surface area contributed by atoms with E-state index in [1.165, 1.54) is 11.0 Å². The first-order chi connectivity index (χ1) is 19.9. The van der Waals surface area contributed by atoms with Gasteiger partial charge in [-0.25, -0.2) is 0 Å². The van der Waals surface area contributed by atoms with E-state index >= 15 is 0 Å². The monoisotopic (exact) mass is 584 g/mol. The fraction of sp³-hybridized carbons (Fsp3) is 0.0938. The van der Waals surface area contributed by atoms with Crippen molar-refractivity contribution in [3.8, 4) is 17.2 Å². The lowest BCUT2D eigenvalue weighted by Gasteiger charge is -2.29. The quantitative estimate of drug-likeness (QED) is 0.141. The Hall–Kier alpha value is -4.66. The molecule has 0 unspecified atom stereocenters. The van der Waals surface area contributed by atoms with Gasteiger partial charge in [0, 0.05) is 10.6 Å². The first-order valence-electron chi connectivity index (χ1n) is 12.7. The molecule has 0 saturated carbocycles. The van der Waals surface area contributed by atoms with Crippen molar-refractivity contribution in [1.82, 2.24) is 5.32 Å². The molecule has 0 aromatic heterocycles. The normalized spacial score (nSPS) is 14.1. The Morgan fingerprint density at radius 3 is 2.20 bits per heavy atom. The maximum atomic E-state index is 13.4. The van der Waals surface area contributed by atoms with Crippen LogP contribution < -0.4 is 24.4 Å². The van der Waals surface area contributed by atoms with Gasteiger partial charge in [-0.15, -0.1) is 0 Å². The van der Waals surface area contributed by atoms with Crippen LogP contribution in [0, 0.1) is 0 Å². The van der Waals surface area contributed by atoms with Crippen LogP contribution >= 0.6 is 23.8 Å². The van der Waals surface area contributed by atoms with Crippen LogP contribution in [0.4, 0.5) is 5.69 Å². The number of carbonyl (C=O) groups excluding carboxylic acids is 2. The maximum Gasteiger partial charge on any atom is 0.270 e. The summed E-state index contributed by atoms with van der Waals surface area (Å²) in [5.74, 6) is 0.465. The molecule has 41 heavy (non-hydrogen) atoms. The van der Waals surface area contributed by atoms with Gasteiger partial charge in [0.25, 0.3) is 11.8 Å². The molecule has 5 rings (SSSR count). The number of ether oxygens (including phenoxy) is 3. The molecule has 1 saturated heterocycles. The lowest BCUT2D eigenvalue weighted by atomic mass is 10.1. The van der Waals surface area contributed by atoms with E-state index in [0.29, 0.717) is 40.1 Å². The maximum absolute atomic E-state index is 13.4. The summed E-state index contributed by atoms with van der Waals surface area (Å²) in [5.41, 5.74) is 2.78. The van der Waals surface area contributed by atoms with E-state index in [1.54, 1.807) is 49.6 Å². The molecule has 0 bridgehead atoms. The van der Waals surface area contributed by atoms with Gasteiger partial charge in [0.2, 0.25) is 0 Å². The zero-order chi connectivity index (χ0) is 28.8. The number of carbonyl (C=O) groups is 2. The van der Waals surface area contributed by atoms with Crippen LogP contribution in [0.2, 0.25) is 5.02 Å². The lowest BCUT2D eigenvalue weighted by Crippen LogP contribution is -2.54. The Bertz CT molecular complexity index is 1630. The molecule has 0 atom stereocenters. The van der Waals surface area contributed by atoms with Crippen molar-refractivity contribution in [2.24, 2.45) is 0 Å². The largest absolute Gasteiger partial charge is 0.493 e. The third-order valence-corrected chi connectivity index (χ3v) is 6.77. The average molecular weight is 585 g/mol. The van der Waals surface area contributed by atoms with Gasteiger partial charge in [0.05, 0.1) is 12.8 Å². The third kappa shape index (κ3) is 6.57. The first-order valence-corrected chi connectivity index (χ1v) is 13.4. The van der Waals surface area contributed by atoms with E-state index in [9.17, 15) is 9.59 Å². The van der Waals surface area contributed by atoms with E-state index < -0.39 is 11.8 Å². The number of nitrogens with zero attached hydrogens (tertiary/aromatic N) is 1. The molecule has 206 valence electrons. The van der Waals surface area contributed by atoms with Gasteiger partial charge >= 0.3 is 0 Å². The Balaban J connectivity index is 1.35. The van der Waals surface area contributed by atoms with Crippen molar-refractivity contribution in [3.63, 3.8) is 0 Å². The second-order valence-electron chi connectivity index (χ2n) is 9.02. The first kappa shape index (κ1) is 27.9. The summed E-state index contributed by atoms with van der Waals surface area (Å²) in [6, 6.07) is 29.3. The predicted octanol–water partition coefficient (Wildman–Crippen LogP) is 6.34. The van der Waals surface area contributed by atoms with Gasteiger partial charge in [-0.1, -0.05) is 66.2 Å². The molecular formula is C32H25ClN2O5S. The highest BCUT2D eigenvalue weighted by molar-refractivity contribution is 7.80. The Labute approximate surface area is 247 Å². The minimum absolute atomic E-state index is 0.0102. The molecule has 9 heteroatoms. The van der Waals surface area contributed by atoms with E-state index in [-0.39, 0.29) is 17.3 Å². The summed E-state index contributed by atoms with van der Waals surface area (Å²) in [5, 5.41) is 3.02. The number of para-hydroxylation sites is 1. The molecule has 1 aliphatic rings. The molecule has 0 radical (unpaired) electrons. The number of rotatable bonds is 9. The van der Waals surface area contributed by atoms with Crippen molar-refractivity contribution in [1.29, 1.82) is 0 Å². The molecule has 4 aromatic rings. The second-order valence-corrected chi connectivity index (χ2v) is 9.85. The highest BCUT2D eigenvalue weighted by atomic mass is 35.5. The fourth-order valence-electron chi connectivity index (χ4n) is 4.21. The van der Waals surface area contributed by atoms with Crippen molar-refractivity contribution in [2.75, 3.05) is 12.0 Å². The van der Waals surface area contributed by atoms with Crippen LogP contribution in [0.5, 0.6) is 17.2 Å². The van der Waals surface area contributed by atoms with E-state index in [2.05, 4.69) is 5.32 Å². The lowest BCUT2D eigenvalue weighted by molar-refractivity contribution is -0.122. The van der Waals surface area contributed by atoms with Crippen molar-refractivity contribution >= 4 is 52.5 Å². The van der Waals surface area contributed by atoms with E-state index in [0.717, 1.165) is 11.1 Å². The number of amides is 2. The number of hydrogen-bond donors (Lipinski definition) is 1. The van der Waals surface area contributed by atoms with Gasteiger partial charge < -0.3 is 14.2 Å². The van der Waals surface area contributed by atoms with Crippen molar-refractivity contribution in [3.05, 3.63) is 124 Å². The van der Waals surface area contributed by atoms with E-state index in [4.69, 9.17) is 38.0 Å². The highest BCUT2D eigenvalue weighted by Crippen LogP contribution is 2.31. The standard InChI is InChI=1S/C32H25ClN2O5S/c1-38-29-16-22(12-14-28(29)40-19-21-8-4-2-5-9-21)20-39-27-15-13-24(33)17-23(27)18-26-30(36)34-32(41)35(31(26)37)25-10-6-3-7-11-25/h2-18H,19-20H2,1H3,(H,34,36,41)/b26-18-. The third-order valence-electron chi connectivity index (χ3n) is 6.25. The molecule has 1 heterocycles. The zero-order valence-electron chi connectivity index (χ0n) is 22.0. The highest BCUT2D eigenvalue weighted by Gasteiger charge is 2.34. The number of nitrogens with one attached hydrogen (secondary N) is 1. The van der Waals surface area contributed by atoms with Gasteiger partial charge in [0.1, 0.15) is 24.5 Å². The Morgan fingerprint density at radius 1 is 0.805 bits per heavy atom. The van der Waals surface area contributed by atoms with Crippen LogP contribution in [0.25, 0.3) is 6.08 Å². The summed E-state index contributed by atoms with van der Waals surface area (Å²) in [6.45, 7) is 0.599. The summed E-state index contributed by atoms with van der Waals surface area (Å²) in [7, 11) is 1.58. The van der Waals surface area contributed by atoms with Crippen LogP contribution in [0.15, 0.2) is 103 Å². The summed E-state index contributed by atoms with van der Waals surface area (Å²) in [4.78, 5) is 27.5. The topological polar surface area (TPSA) is 77.1 Å². The molecule has 1 aliphatic heterocycles. The Kier molecular flexibility index (Phi) is 8.62. The smallest absolute Gasteiger partial charge is 0.270 e. The van der Waals surface area contributed by atoms with Gasteiger partial charge in [-0.05, 0) is 71.9 Å². The predicted molar refractivity (Wildman–Crippen MR) is 162 cm³/mol. The molecule has 1 fully saturated rings. The number of benzene rings is 4. The molecule has 0 aliphatic carbocycles. The molecular weight excluding hydrogens is 560 g/mol. The molecule has 4 aromatic carbocycles. The van der Waals surface area contributed by atoms with Gasteiger partial charge in [-0.3, -0.25) is 19.8 Å². The minimum Gasteiger partial charge on any atom is -0.493 e. The number of hydrogen-bond acceptors (Lipinski definition) is 6. The molecule has 2 amide bonds. The fourth-order valence-corrected chi connectivity index (χ4v) is 4.67. The van der Waals surface area contributed by atoms with Crippen LogP contribution in [0.3, 0.4) is 0 Å². The molecule has 0 spiro atoms. The zero-order valence-corrected chi connectivity index (χ0v) is 23.6. The van der Waals surface area contributed by atoms with Gasteiger partial charge in [0.15, 0.2) is 16.6 Å². The van der Waals surface area contributed by atoms with Crippen molar-refractivity contribution in [2.45, 2.75) is 13.2 Å². The Morgan fingerprint density at radius 2 is 1.46 bits per heavy atom.